The zero-order valence-corrected chi connectivity index (χ0v) is 16.1. The van der Waals surface area contributed by atoms with Crippen molar-refractivity contribution < 1.29 is 4.39 Å². The van der Waals surface area contributed by atoms with Crippen LogP contribution in [0.4, 0.5) is 4.39 Å². The van der Waals surface area contributed by atoms with E-state index < -0.39 is 0 Å². The maximum absolute atomic E-state index is 13.8. The summed E-state index contributed by atoms with van der Waals surface area (Å²) in [5, 5.41) is 6.70. The van der Waals surface area contributed by atoms with Crippen molar-refractivity contribution in [2.75, 3.05) is 32.7 Å². The van der Waals surface area contributed by atoms with E-state index >= 15 is 0 Å². The van der Waals surface area contributed by atoms with Crippen molar-refractivity contribution in [1.29, 1.82) is 0 Å². The van der Waals surface area contributed by atoms with E-state index in [1.807, 2.05) is 19.1 Å². The van der Waals surface area contributed by atoms with E-state index in [2.05, 4.69) is 29.4 Å². The minimum Gasteiger partial charge on any atom is -0.357 e. The van der Waals surface area contributed by atoms with Crippen LogP contribution < -0.4 is 10.6 Å². The van der Waals surface area contributed by atoms with E-state index in [0.29, 0.717) is 11.5 Å². The number of nitrogens with zero attached hydrogens (tertiary/aromatic N) is 2. The molecular weight excluding hydrogens is 315 g/mol. The highest BCUT2D eigenvalue weighted by atomic mass is 19.1. The van der Waals surface area contributed by atoms with Gasteiger partial charge in [-0.15, -0.1) is 0 Å². The van der Waals surface area contributed by atoms with Gasteiger partial charge in [-0.3, -0.25) is 4.99 Å². The number of aliphatic imine (C=N–C) groups is 1. The lowest BCUT2D eigenvalue weighted by Gasteiger charge is -2.19. The first-order valence-corrected chi connectivity index (χ1v) is 9.56. The van der Waals surface area contributed by atoms with Crippen LogP contribution in [0.15, 0.2) is 23.2 Å². The highest BCUT2D eigenvalue weighted by Gasteiger charge is 2.21. The number of benzene rings is 1. The van der Waals surface area contributed by atoms with Crippen LogP contribution in [-0.4, -0.2) is 43.6 Å². The third-order valence-corrected chi connectivity index (χ3v) is 4.81. The molecule has 4 nitrogen and oxygen atoms in total. The number of guanidine groups is 1. The number of hydrogen-bond acceptors (Lipinski definition) is 2. The molecule has 1 saturated heterocycles. The third-order valence-electron chi connectivity index (χ3n) is 4.81. The SMILES string of the molecule is CCCN1CCC(CN=C(NCC)NC(C)c2ccc(C)c(F)c2)C1. The Hall–Kier alpha value is -1.62. The molecule has 0 aromatic heterocycles. The Balaban J connectivity index is 1.93. The number of likely N-dealkylation sites (tertiary alicyclic amines) is 1. The first-order chi connectivity index (χ1) is 12.0. The largest absolute Gasteiger partial charge is 0.357 e. The molecule has 2 N–H and O–H groups in total. The number of nitrogens with one attached hydrogen (secondary N) is 2. The summed E-state index contributed by atoms with van der Waals surface area (Å²) in [6.45, 7) is 13.3. The zero-order valence-electron chi connectivity index (χ0n) is 16.1. The van der Waals surface area contributed by atoms with Gasteiger partial charge in [0.2, 0.25) is 0 Å². The molecule has 0 radical (unpaired) electrons. The zero-order chi connectivity index (χ0) is 18.2. The summed E-state index contributed by atoms with van der Waals surface area (Å²) >= 11 is 0. The number of hydrogen-bond donors (Lipinski definition) is 2. The second-order valence-corrected chi connectivity index (χ2v) is 7.05. The molecule has 2 unspecified atom stereocenters. The Bertz CT molecular complexity index is 573. The second-order valence-electron chi connectivity index (χ2n) is 7.05. The Morgan fingerprint density at radius 3 is 2.88 bits per heavy atom. The van der Waals surface area contributed by atoms with Crippen molar-refractivity contribution in [3.63, 3.8) is 0 Å². The van der Waals surface area contributed by atoms with Gasteiger partial charge in [0.05, 0.1) is 6.04 Å². The molecule has 0 saturated carbocycles. The Kier molecular flexibility index (Phi) is 7.69. The van der Waals surface area contributed by atoms with Gasteiger partial charge in [0, 0.05) is 19.6 Å². The summed E-state index contributed by atoms with van der Waals surface area (Å²) in [5.41, 5.74) is 1.61. The van der Waals surface area contributed by atoms with E-state index in [9.17, 15) is 4.39 Å². The van der Waals surface area contributed by atoms with Gasteiger partial charge in [0.1, 0.15) is 5.82 Å². The van der Waals surface area contributed by atoms with Crippen molar-refractivity contribution in [3.05, 3.63) is 35.1 Å². The molecule has 1 aromatic rings. The lowest BCUT2D eigenvalue weighted by atomic mass is 10.1. The smallest absolute Gasteiger partial charge is 0.191 e. The van der Waals surface area contributed by atoms with Gasteiger partial charge < -0.3 is 15.5 Å². The lowest BCUT2D eigenvalue weighted by Crippen LogP contribution is -2.39. The van der Waals surface area contributed by atoms with E-state index in [1.54, 1.807) is 13.0 Å². The Morgan fingerprint density at radius 1 is 1.40 bits per heavy atom. The molecule has 1 aliphatic rings. The first-order valence-electron chi connectivity index (χ1n) is 9.56. The van der Waals surface area contributed by atoms with Crippen LogP contribution in [-0.2, 0) is 0 Å². The van der Waals surface area contributed by atoms with Crippen LogP contribution in [0.2, 0.25) is 0 Å². The van der Waals surface area contributed by atoms with Crippen LogP contribution >= 0.6 is 0 Å². The van der Waals surface area contributed by atoms with Gasteiger partial charge in [0.15, 0.2) is 5.96 Å². The van der Waals surface area contributed by atoms with Crippen LogP contribution in [0.3, 0.4) is 0 Å². The average Bonchev–Trinajstić information content (AvgIpc) is 3.03. The minimum absolute atomic E-state index is 0.00747. The highest BCUT2D eigenvalue weighted by Crippen LogP contribution is 2.18. The second kappa shape index (κ2) is 9.76. The topological polar surface area (TPSA) is 39.7 Å². The van der Waals surface area contributed by atoms with Crippen LogP contribution in [0.1, 0.15) is 50.8 Å². The van der Waals surface area contributed by atoms with E-state index in [4.69, 9.17) is 4.99 Å². The molecule has 0 spiro atoms. The Morgan fingerprint density at radius 2 is 2.20 bits per heavy atom. The molecule has 1 fully saturated rings. The van der Waals surface area contributed by atoms with Gasteiger partial charge in [-0.2, -0.15) is 0 Å². The molecule has 140 valence electrons. The van der Waals surface area contributed by atoms with Crippen molar-refractivity contribution in [3.8, 4) is 0 Å². The van der Waals surface area contributed by atoms with Gasteiger partial charge in [-0.05, 0) is 69.8 Å². The summed E-state index contributed by atoms with van der Waals surface area (Å²) < 4.78 is 13.8. The maximum Gasteiger partial charge on any atom is 0.191 e. The van der Waals surface area contributed by atoms with Crippen molar-refractivity contribution in [2.24, 2.45) is 10.9 Å². The standard InChI is InChI=1S/C20H33FN4/c1-5-10-25-11-9-17(14-25)13-23-20(22-6-2)24-16(4)18-8-7-15(3)19(21)12-18/h7-8,12,16-17H,5-6,9-11,13-14H2,1-4H3,(H2,22,23,24). The summed E-state index contributed by atoms with van der Waals surface area (Å²) in [5.74, 6) is 1.29. The number of halogens is 1. The van der Waals surface area contributed by atoms with Crippen LogP contribution in [0, 0.1) is 18.7 Å². The molecule has 1 aromatic carbocycles. The molecule has 2 atom stereocenters. The fourth-order valence-corrected chi connectivity index (χ4v) is 3.29. The summed E-state index contributed by atoms with van der Waals surface area (Å²) in [6.07, 6.45) is 2.44. The molecule has 0 aliphatic carbocycles. The lowest BCUT2D eigenvalue weighted by molar-refractivity contribution is 0.326. The van der Waals surface area contributed by atoms with Crippen LogP contribution in [0.25, 0.3) is 0 Å². The van der Waals surface area contributed by atoms with Crippen molar-refractivity contribution in [2.45, 2.75) is 46.6 Å². The quantitative estimate of drug-likeness (QED) is 0.585. The molecule has 0 amide bonds. The minimum atomic E-state index is -0.157. The molecule has 1 aliphatic heterocycles. The van der Waals surface area contributed by atoms with E-state index in [-0.39, 0.29) is 11.9 Å². The molecule has 0 bridgehead atoms. The average molecular weight is 349 g/mol. The van der Waals surface area contributed by atoms with E-state index in [1.165, 1.54) is 25.9 Å². The monoisotopic (exact) mass is 348 g/mol. The maximum atomic E-state index is 13.8. The fraction of sp³-hybridized carbons (Fsp3) is 0.650. The predicted octanol–water partition coefficient (Wildman–Crippen LogP) is 3.48. The summed E-state index contributed by atoms with van der Waals surface area (Å²) in [6, 6.07) is 5.41. The van der Waals surface area contributed by atoms with Crippen molar-refractivity contribution >= 4 is 5.96 Å². The molecule has 1 heterocycles. The predicted molar refractivity (Wildman–Crippen MR) is 104 cm³/mol. The number of rotatable bonds is 7. The molecule has 5 heteroatoms. The summed E-state index contributed by atoms with van der Waals surface area (Å²) in [4.78, 5) is 7.30. The Labute approximate surface area is 151 Å². The summed E-state index contributed by atoms with van der Waals surface area (Å²) in [7, 11) is 0. The fourth-order valence-electron chi connectivity index (χ4n) is 3.29. The van der Waals surface area contributed by atoms with Gasteiger partial charge >= 0.3 is 0 Å². The van der Waals surface area contributed by atoms with Gasteiger partial charge in [0.25, 0.3) is 0 Å². The third kappa shape index (κ3) is 5.99. The normalized spacial score (nSPS) is 19.9. The van der Waals surface area contributed by atoms with Crippen molar-refractivity contribution in [1.82, 2.24) is 15.5 Å². The number of aryl methyl sites for hydroxylation is 1. The molecular formula is C20H33FN4. The van der Waals surface area contributed by atoms with E-state index in [0.717, 1.165) is 31.2 Å². The van der Waals surface area contributed by atoms with Gasteiger partial charge in [-0.25, -0.2) is 4.39 Å². The highest BCUT2D eigenvalue weighted by molar-refractivity contribution is 5.80. The first kappa shape index (κ1) is 19.7. The molecule has 2 rings (SSSR count). The van der Waals surface area contributed by atoms with Crippen LogP contribution in [0.5, 0.6) is 0 Å². The molecule has 25 heavy (non-hydrogen) atoms. The van der Waals surface area contributed by atoms with Gasteiger partial charge in [-0.1, -0.05) is 19.1 Å².